The van der Waals surface area contributed by atoms with Crippen LogP contribution in [0.2, 0.25) is 0 Å². The number of hydrogen-bond acceptors (Lipinski definition) is 2. The molecule has 3 nitrogen and oxygen atoms in total. The Morgan fingerprint density at radius 3 is 1.96 bits per heavy atom. The van der Waals surface area contributed by atoms with Gasteiger partial charge in [-0.15, -0.1) is 0 Å². The largest absolute Gasteiger partial charge is 0.337 e. The molecule has 5 aromatic rings. The fourth-order valence-electron chi connectivity index (χ4n) is 3.31. The molecule has 0 bridgehead atoms. The van der Waals surface area contributed by atoms with Gasteiger partial charge in [0.1, 0.15) is 5.69 Å². The van der Waals surface area contributed by atoms with Crippen molar-refractivity contribution in [3.8, 4) is 33.8 Å². The van der Waals surface area contributed by atoms with Gasteiger partial charge in [-0.05, 0) is 46.5 Å². The van der Waals surface area contributed by atoms with Crippen molar-refractivity contribution in [2.24, 2.45) is 0 Å². The first-order valence-electron chi connectivity index (χ1n) is 8.94. The van der Waals surface area contributed by atoms with E-state index in [0.717, 1.165) is 28.1 Å². The van der Waals surface area contributed by atoms with Crippen molar-refractivity contribution >= 4 is 11.0 Å². The van der Waals surface area contributed by atoms with Gasteiger partial charge in [0.25, 0.3) is 0 Å². The predicted molar refractivity (Wildman–Crippen MR) is 110 cm³/mol. The summed E-state index contributed by atoms with van der Waals surface area (Å²) in [6.07, 6.45) is 1.83. The minimum absolute atomic E-state index is 0.785. The van der Waals surface area contributed by atoms with Gasteiger partial charge in [0.15, 0.2) is 5.82 Å². The summed E-state index contributed by atoms with van der Waals surface area (Å²) in [4.78, 5) is 12.7. The van der Waals surface area contributed by atoms with Crippen LogP contribution in [0.3, 0.4) is 0 Å². The van der Waals surface area contributed by atoms with Gasteiger partial charge in [-0.2, -0.15) is 0 Å². The molecule has 0 radical (unpaired) electrons. The minimum Gasteiger partial charge on any atom is -0.337 e. The lowest BCUT2D eigenvalue weighted by atomic mass is 10.1. The van der Waals surface area contributed by atoms with Crippen LogP contribution in [0.25, 0.3) is 44.8 Å². The zero-order chi connectivity index (χ0) is 18.1. The molecule has 0 saturated heterocycles. The number of nitrogens with zero attached hydrogens (tertiary/aromatic N) is 2. The molecular formula is C24H17N3. The van der Waals surface area contributed by atoms with Crippen LogP contribution in [0.5, 0.6) is 0 Å². The van der Waals surface area contributed by atoms with E-state index in [4.69, 9.17) is 4.98 Å². The molecular weight excluding hydrogens is 330 g/mol. The molecule has 0 amide bonds. The minimum atomic E-state index is 0.785. The molecule has 3 aromatic carbocycles. The van der Waals surface area contributed by atoms with E-state index in [1.807, 2.05) is 36.5 Å². The molecule has 0 unspecified atom stereocenters. The molecule has 2 aromatic heterocycles. The average Bonchev–Trinajstić information content (AvgIpc) is 3.19. The summed E-state index contributed by atoms with van der Waals surface area (Å²) >= 11 is 0. The summed E-state index contributed by atoms with van der Waals surface area (Å²) in [7, 11) is 0. The summed E-state index contributed by atoms with van der Waals surface area (Å²) in [5.74, 6) is 0.785. The number of pyridine rings is 1. The lowest BCUT2D eigenvalue weighted by molar-refractivity contribution is 1.24. The lowest BCUT2D eigenvalue weighted by Crippen LogP contribution is -1.87. The SMILES string of the molecule is c1ccc(-c2ccnc(-c3nc4ccc(-c5ccccc5)cc4[nH]3)c2)cc1. The molecule has 3 heteroatoms. The van der Waals surface area contributed by atoms with Crippen LogP contribution in [-0.2, 0) is 0 Å². The van der Waals surface area contributed by atoms with Gasteiger partial charge in [0.05, 0.1) is 11.0 Å². The third-order valence-corrected chi connectivity index (χ3v) is 4.70. The Balaban J connectivity index is 1.56. The molecule has 5 rings (SSSR count). The first-order chi connectivity index (χ1) is 13.4. The van der Waals surface area contributed by atoms with E-state index < -0.39 is 0 Å². The Labute approximate surface area is 157 Å². The first-order valence-corrected chi connectivity index (χ1v) is 8.94. The molecule has 2 heterocycles. The van der Waals surface area contributed by atoms with Gasteiger partial charge >= 0.3 is 0 Å². The van der Waals surface area contributed by atoms with Gasteiger partial charge < -0.3 is 4.98 Å². The van der Waals surface area contributed by atoms with Crippen molar-refractivity contribution in [1.29, 1.82) is 0 Å². The van der Waals surface area contributed by atoms with E-state index in [2.05, 4.69) is 70.6 Å². The predicted octanol–water partition coefficient (Wildman–Crippen LogP) is 5.96. The number of rotatable bonds is 3. The number of H-pyrrole nitrogens is 1. The highest BCUT2D eigenvalue weighted by molar-refractivity contribution is 5.84. The fraction of sp³-hybridized carbons (Fsp3) is 0. The number of benzene rings is 3. The molecule has 0 aliphatic rings. The van der Waals surface area contributed by atoms with E-state index in [0.29, 0.717) is 0 Å². The van der Waals surface area contributed by atoms with Crippen LogP contribution < -0.4 is 0 Å². The van der Waals surface area contributed by atoms with E-state index >= 15 is 0 Å². The van der Waals surface area contributed by atoms with E-state index in [1.54, 1.807) is 0 Å². The Hall–Kier alpha value is -3.72. The van der Waals surface area contributed by atoms with E-state index in [9.17, 15) is 0 Å². The molecule has 0 spiro atoms. The summed E-state index contributed by atoms with van der Waals surface area (Å²) < 4.78 is 0. The van der Waals surface area contributed by atoms with Gasteiger partial charge in [0.2, 0.25) is 0 Å². The number of hydrogen-bond donors (Lipinski definition) is 1. The molecule has 0 atom stereocenters. The number of imidazole rings is 1. The van der Waals surface area contributed by atoms with E-state index in [1.165, 1.54) is 16.7 Å². The smallest absolute Gasteiger partial charge is 0.157 e. The third-order valence-electron chi connectivity index (χ3n) is 4.70. The summed E-state index contributed by atoms with van der Waals surface area (Å²) in [5.41, 5.74) is 7.46. The van der Waals surface area contributed by atoms with Crippen LogP contribution in [0.1, 0.15) is 0 Å². The Morgan fingerprint density at radius 1 is 0.593 bits per heavy atom. The Kier molecular flexibility index (Phi) is 3.76. The summed E-state index contributed by atoms with van der Waals surface area (Å²) in [5, 5.41) is 0. The van der Waals surface area contributed by atoms with Crippen molar-refractivity contribution < 1.29 is 0 Å². The second-order valence-electron chi connectivity index (χ2n) is 6.48. The van der Waals surface area contributed by atoms with Crippen molar-refractivity contribution in [3.05, 3.63) is 97.2 Å². The van der Waals surface area contributed by atoms with Gasteiger partial charge in [-0.3, -0.25) is 4.98 Å². The van der Waals surface area contributed by atoms with Crippen LogP contribution in [0.15, 0.2) is 97.2 Å². The van der Waals surface area contributed by atoms with Crippen LogP contribution >= 0.6 is 0 Å². The van der Waals surface area contributed by atoms with Crippen molar-refractivity contribution in [1.82, 2.24) is 15.0 Å². The molecule has 0 aliphatic heterocycles. The number of fused-ring (bicyclic) bond motifs is 1. The third kappa shape index (κ3) is 3.00. The van der Waals surface area contributed by atoms with Crippen LogP contribution in [0, 0.1) is 0 Å². The number of nitrogens with one attached hydrogen (secondary N) is 1. The monoisotopic (exact) mass is 347 g/mol. The maximum atomic E-state index is 4.73. The van der Waals surface area contributed by atoms with Gasteiger partial charge in [-0.25, -0.2) is 4.98 Å². The molecule has 1 N–H and O–H groups in total. The molecule has 0 fully saturated rings. The molecule has 128 valence electrons. The zero-order valence-electron chi connectivity index (χ0n) is 14.6. The molecule has 0 aliphatic carbocycles. The van der Waals surface area contributed by atoms with Crippen LogP contribution in [-0.4, -0.2) is 15.0 Å². The summed E-state index contributed by atoms with van der Waals surface area (Å²) in [6, 6.07) is 31.1. The second kappa shape index (κ2) is 6.54. The average molecular weight is 347 g/mol. The lowest BCUT2D eigenvalue weighted by Gasteiger charge is -2.02. The highest BCUT2D eigenvalue weighted by Gasteiger charge is 2.09. The Bertz CT molecular complexity index is 1210. The second-order valence-corrected chi connectivity index (χ2v) is 6.48. The quantitative estimate of drug-likeness (QED) is 0.437. The maximum absolute atomic E-state index is 4.73. The van der Waals surface area contributed by atoms with Gasteiger partial charge in [0, 0.05) is 6.20 Å². The highest BCUT2D eigenvalue weighted by atomic mass is 14.9. The fourth-order valence-corrected chi connectivity index (χ4v) is 3.31. The van der Waals surface area contributed by atoms with Crippen molar-refractivity contribution in [3.63, 3.8) is 0 Å². The molecule has 0 saturated carbocycles. The first kappa shape index (κ1) is 15.5. The number of aromatic amines is 1. The topological polar surface area (TPSA) is 41.6 Å². The Morgan fingerprint density at radius 2 is 1.26 bits per heavy atom. The normalized spacial score (nSPS) is 11.0. The number of aromatic nitrogens is 3. The highest BCUT2D eigenvalue weighted by Crippen LogP contribution is 2.27. The molecule has 27 heavy (non-hydrogen) atoms. The zero-order valence-corrected chi connectivity index (χ0v) is 14.6. The van der Waals surface area contributed by atoms with E-state index in [-0.39, 0.29) is 0 Å². The van der Waals surface area contributed by atoms with Gasteiger partial charge in [-0.1, -0.05) is 66.7 Å². The summed E-state index contributed by atoms with van der Waals surface area (Å²) in [6.45, 7) is 0. The van der Waals surface area contributed by atoms with Crippen LogP contribution in [0.4, 0.5) is 0 Å². The maximum Gasteiger partial charge on any atom is 0.157 e. The van der Waals surface area contributed by atoms with Crippen molar-refractivity contribution in [2.75, 3.05) is 0 Å². The van der Waals surface area contributed by atoms with Crippen molar-refractivity contribution in [2.45, 2.75) is 0 Å². The standard InChI is InChI=1S/C24H17N3/c1-3-7-17(8-4-1)19-11-12-21-22(15-19)27-24(26-21)23-16-20(13-14-25-23)18-9-5-2-6-10-18/h1-16H,(H,26,27).